The molecule has 0 fully saturated rings. The quantitative estimate of drug-likeness (QED) is 0.849. The number of aromatic nitrogens is 2. The minimum absolute atomic E-state index is 0.0915. The highest BCUT2D eigenvalue weighted by Crippen LogP contribution is 2.18. The zero-order valence-corrected chi connectivity index (χ0v) is 10.2. The van der Waals surface area contributed by atoms with Crippen molar-refractivity contribution in [2.45, 2.75) is 13.0 Å². The largest absolute Gasteiger partial charge is 0.481 e. The number of carbonyl (C=O) groups is 1. The maximum absolute atomic E-state index is 10.5. The molecule has 0 amide bonds. The zero-order chi connectivity index (χ0) is 12.3. The molecule has 2 aromatic heterocycles. The van der Waals surface area contributed by atoms with Crippen LogP contribution in [0.3, 0.4) is 0 Å². The van der Waals surface area contributed by atoms with E-state index in [4.69, 9.17) is 5.11 Å². The molecular weight excluding hydrogens is 238 g/mol. The molecule has 90 valence electrons. The number of thiophene rings is 1. The van der Waals surface area contributed by atoms with Crippen molar-refractivity contribution in [3.8, 4) is 0 Å². The van der Waals surface area contributed by atoms with Gasteiger partial charge in [0.05, 0.1) is 13.0 Å². The standard InChI is InChI=1S/C11H13N3O2S/c1-14-5-4-10(13-14)12-7-9-3-2-8(17-9)6-11(15)16/h2-5H,6-7H2,1H3,(H,12,13)(H,15,16). The second kappa shape index (κ2) is 5.01. The molecule has 0 unspecified atom stereocenters. The highest BCUT2D eigenvalue weighted by Gasteiger charge is 2.04. The first-order valence-electron chi connectivity index (χ1n) is 5.16. The van der Waals surface area contributed by atoms with E-state index in [1.165, 1.54) is 11.3 Å². The molecule has 0 aliphatic carbocycles. The van der Waals surface area contributed by atoms with Crippen LogP contribution in [0.5, 0.6) is 0 Å². The Hall–Kier alpha value is -1.82. The Morgan fingerprint density at radius 1 is 1.47 bits per heavy atom. The number of anilines is 1. The number of carboxylic acid groups (broad SMARTS) is 1. The number of nitrogens with zero attached hydrogens (tertiary/aromatic N) is 2. The van der Waals surface area contributed by atoms with Crippen LogP contribution < -0.4 is 5.32 Å². The molecule has 6 heteroatoms. The molecule has 2 heterocycles. The van der Waals surface area contributed by atoms with Gasteiger partial charge in [0.1, 0.15) is 5.82 Å². The summed E-state index contributed by atoms with van der Waals surface area (Å²) in [5.74, 6) is 0.0248. The molecule has 0 bridgehead atoms. The molecule has 0 aliphatic heterocycles. The fourth-order valence-electron chi connectivity index (χ4n) is 1.45. The van der Waals surface area contributed by atoms with Crippen LogP contribution in [0.25, 0.3) is 0 Å². The lowest BCUT2D eigenvalue weighted by atomic mass is 10.3. The second-order valence-electron chi connectivity index (χ2n) is 3.67. The van der Waals surface area contributed by atoms with Crippen LogP contribution in [0.15, 0.2) is 24.4 Å². The average Bonchev–Trinajstić information content (AvgIpc) is 2.84. The highest BCUT2D eigenvalue weighted by atomic mass is 32.1. The zero-order valence-electron chi connectivity index (χ0n) is 9.38. The fraction of sp³-hybridized carbons (Fsp3) is 0.273. The molecule has 0 radical (unpaired) electrons. The van der Waals surface area contributed by atoms with Gasteiger partial charge < -0.3 is 10.4 Å². The summed E-state index contributed by atoms with van der Waals surface area (Å²) in [6.07, 6.45) is 1.96. The van der Waals surface area contributed by atoms with Gasteiger partial charge in [-0.25, -0.2) is 0 Å². The third kappa shape index (κ3) is 3.32. The summed E-state index contributed by atoms with van der Waals surface area (Å²) in [5.41, 5.74) is 0. The van der Waals surface area contributed by atoms with E-state index in [2.05, 4.69) is 10.4 Å². The predicted molar refractivity (Wildman–Crippen MR) is 66.2 cm³/mol. The number of nitrogens with one attached hydrogen (secondary N) is 1. The molecule has 2 aromatic rings. The Morgan fingerprint density at radius 2 is 2.24 bits per heavy atom. The molecule has 0 atom stereocenters. The molecule has 0 saturated carbocycles. The average molecular weight is 251 g/mol. The number of aliphatic carboxylic acids is 1. The van der Waals surface area contributed by atoms with Gasteiger partial charge in [-0.1, -0.05) is 0 Å². The maximum Gasteiger partial charge on any atom is 0.308 e. The highest BCUT2D eigenvalue weighted by molar-refractivity contribution is 7.12. The molecule has 17 heavy (non-hydrogen) atoms. The van der Waals surface area contributed by atoms with Crippen LogP contribution in [-0.2, 0) is 24.8 Å². The molecule has 0 saturated heterocycles. The lowest BCUT2D eigenvalue weighted by Gasteiger charge is -1.99. The van der Waals surface area contributed by atoms with Crippen molar-refractivity contribution >= 4 is 23.1 Å². The Kier molecular flexibility index (Phi) is 3.43. The van der Waals surface area contributed by atoms with E-state index in [0.717, 1.165) is 15.6 Å². The molecule has 0 spiro atoms. The van der Waals surface area contributed by atoms with Gasteiger partial charge in [-0.15, -0.1) is 11.3 Å². The first kappa shape index (κ1) is 11.7. The van der Waals surface area contributed by atoms with Gasteiger partial charge in [0.15, 0.2) is 0 Å². The molecular formula is C11H13N3O2S. The number of carboxylic acids is 1. The maximum atomic E-state index is 10.5. The van der Waals surface area contributed by atoms with Gasteiger partial charge in [-0.3, -0.25) is 9.48 Å². The van der Waals surface area contributed by atoms with Gasteiger partial charge >= 0.3 is 5.97 Å². The topological polar surface area (TPSA) is 67.2 Å². The van der Waals surface area contributed by atoms with Crippen LogP contribution in [-0.4, -0.2) is 20.9 Å². The van der Waals surface area contributed by atoms with E-state index in [9.17, 15) is 4.79 Å². The minimum Gasteiger partial charge on any atom is -0.481 e. The molecule has 2 N–H and O–H groups in total. The van der Waals surface area contributed by atoms with E-state index < -0.39 is 5.97 Å². The van der Waals surface area contributed by atoms with Crippen LogP contribution in [0.1, 0.15) is 9.75 Å². The van der Waals surface area contributed by atoms with Crippen molar-refractivity contribution in [2.24, 2.45) is 7.05 Å². The lowest BCUT2D eigenvalue weighted by Crippen LogP contribution is -1.99. The van der Waals surface area contributed by atoms with Gasteiger partial charge in [0.25, 0.3) is 0 Å². The van der Waals surface area contributed by atoms with Crippen molar-refractivity contribution in [2.75, 3.05) is 5.32 Å². The molecule has 5 nitrogen and oxygen atoms in total. The van der Waals surface area contributed by atoms with Crippen LogP contribution in [0.4, 0.5) is 5.82 Å². The van der Waals surface area contributed by atoms with Gasteiger partial charge in [-0.05, 0) is 12.1 Å². The Bertz CT molecular complexity index is 518. The summed E-state index contributed by atoms with van der Waals surface area (Å²) in [6.45, 7) is 0.668. The van der Waals surface area contributed by atoms with E-state index in [0.29, 0.717) is 6.54 Å². The predicted octanol–water partition coefficient (Wildman–Crippen LogP) is 1.72. The van der Waals surface area contributed by atoms with Crippen LogP contribution in [0.2, 0.25) is 0 Å². The van der Waals surface area contributed by atoms with Crippen molar-refractivity contribution in [3.05, 3.63) is 34.2 Å². The smallest absolute Gasteiger partial charge is 0.308 e. The van der Waals surface area contributed by atoms with E-state index in [1.807, 2.05) is 31.4 Å². The fourth-order valence-corrected chi connectivity index (χ4v) is 2.40. The Morgan fingerprint density at radius 3 is 2.88 bits per heavy atom. The first-order chi connectivity index (χ1) is 8.13. The summed E-state index contributed by atoms with van der Waals surface area (Å²) in [7, 11) is 1.86. The summed E-state index contributed by atoms with van der Waals surface area (Å²) in [6, 6.07) is 5.69. The first-order valence-corrected chi connectivity index (χ1v) is 5.98. The van der Waals surface area contributed by atoms with E-state index in [-0.39, 0.29) is 6.42 Å². The van der Waals surface area contributed by atoms with E-state index >= 15 is 0 Å². The Labute approximate surface area is 103 Å². The van der Waals surface area contributed by atoms with Crippen molar-refractivity contribution < 1.29 is 9.90 Å². The number of hydrogen-bond donors (Lipinski definition) is 2. The Balaban J connectivity index is 1.91. The van der Waals surface area contributed by atoms with Gasteiger partial charge in [-0.2, -0.15) is 5.10 Å². The SMILES string of the molecule is Cn1ccc(NCc2ccc(CC(=O)O)s2)n1. The van der Waals surface area contributed by atoms with E-state index in [1.54, 1.807) is 4.68 Å². The normalized spacial score (nSPS) is 10.4. The third-order valence-electron chi connectivity index (χ3n) is 2.20. The number of aryl methyl sites for hydroxylation is 1. The second-order valence-corrected chi connectivity index (χ2v) is 4.92. The van der Waals surface area contributed by atoms with Crippen molar-refractivity contribution in [3.63, 3.8) is 0 Å². The molecule has 0 aliphatic rings. The van der Waals surface area contributed by atoms with Crippen LogP contribution in [0, 0.1) is 0 Å². The summed E-state index contributed by atoms with van der Waals surface area (Å²) >= 11 is 1.51. The molecule has 2 rings (SSSR count). The summed E-state index contributed by atoms with van der Waals surface area (Å²) < 4.78 is 1.73. The molecule has 0 aromatic carbocycles. The lowest BCUT2D eigenvalue weighted by molar-refractivity contribution is -0.136. The number of hydrogen-bond acceptors (Lipinski definition) is 4. The van der Waals surface area contributed by atoms with Gasteiger partial charge in [0, 0.05) is 29.1 Å². The number of rotatable bonds is 5. The summed E-state index contributed by atoms with van der Waals surface area (Å²) in [5, 5.41) is 16.0. The van der Waals surface area contributed by atoms with Crippen molar-refractivity contribution in [1.29, 1.82) is 0 Å². The van der Waals surface area contributed by atoms with Crippen LogP contribution >= 0.6 is 11.3 Å². The van der Waals surface area contributed by atoms with Crippen molar-refractivity contribution in [1.82, 2.24) is 9.78 Å². The summed E-state index contributed by atoms with van der Waals surface area (Å²) in [4.78, 5) is 12.5. The third-order valence-corrected chi connectivity index (χ3v) is 3.29. The monoisotopic (exact) mass is 251 g/mol. The van der Waals surface area contributed by atoms with Gasteiger partial charge in [0.2, 0.25) is 0 Å². The minimum atomic E-state index is -0.795.